The van der Waals surface area contributed by atoms with Crippen LogP contribution in [-0.4, -0.2) is 30.2 Å². The summed E-state index contributed by atoms with van der Waals surface area (Å²) in [5.41, 5.74) is 1.30. The molecule has 0 saturated carbocycles. The lowest BCUT2D eigenvalue weighted by atomic mass is 10.1. The Hall–Kier alpha value is -0.500. The van der Waals surface area contributed by atoms with Gasteiger partial charge in [-0.3, -0.25) is 0 Å². The monoisotopic (exact) mass is 141 g/mol. The van der Waals surface area contributed by atoms with E-state index < -0.39 is 0 Å². The van der Waals surface area contributed by atoms with Gasteiger partial charge in [0, 0.05) is 19.3 Å². The Morgan fingerprint density at radius 1 is 1.60 bits per heavy atom. The Labute approximate surface area is 62.2 Å². The molecule has 1 rings (SSSR count). The van der Waals surface area contributed by atoms with Gasteiger partial charge in [0.25, 0.3) is 0 Å². The summed E-state index contributed by atoms with van der Waals surface area (Å²) in [6.07, 6.45) is 5.60. The molecular formula is C8H15NO. The molecule has 1 fully saturated rings. The van der Waals surface area contributed by atoms with Gasteiger partial charge in [-0.15, -0.1) is 0 Å². The van der Waals surface area contributed by atoms with Crippen LogP contribution in [0.4, 0.5) is 0 Å². The van der Waals surface area contributed by atoms with E-state index in [2.05, 4.69) is 11.9 Å². The molecule has 0 bridgehead atoms. The first kappa shape index (κ1) is 7.61. The zero-order valence-electron chi connectivity index (χ0n) is 6.51. The van der Waals surface area contributed by atoms with Crippen LogP contribution in [0.3, 0.4) is 0 Å². The highest BCUT2D eigenvalue weighted by atomic mass is 16.2. The molecule has 1 aliphatic heterocycles. The second-order valence-electron chi connectivity index (χ2n) is 2.76. The number of rotatable bonds is 1. The average Bonchev–Trinajstić information content (AvgIpc) is 1.94. The maximum Gasteiger partial charge on any atom is 0.0632 e. The third-order valence-corrected chi connectivity index (χ3v) is 1.99. The average molecular weight is 141 g/mol. The molecule has 0 atom stereocenters. The summed E-state index contributed by atoms with van der Waals surface area (Å²) in [5.74, 6) is 0. The Bertz CT molecular complexity index is 131. The zero-order chi connectivity index (χ0) is 7.40. The molecule has 0 unspecified atom stereocenters. The maximum absolute atomic E-state index is 8.63. The molecule has 2 nitrogen and oxygen atoms in total. The number of aliphatic hydroxyl groups is 1. The summed E-state index contributed by atoms with van der Waals surface area (Å²) >= 11 is 0. The second kappa shape index (κ2) is 3.62. The van der Waals surface area contributed by atoms with Crippen LogP contribution in [0.1, 0.15) is 19.3 Å². The first-order valence-electron chi connectivity index (χ1n) is 3.85. The molecule has 10 heavy (non-hydrogen) atoms. The van der Waals surface area contributed by atoms with E-state index in [9.17, 15) is 0 Å². The highest BCUT2D eigenvalue weighted by molar-refractivity contribution is 5.02. The fourth-order valence-electron chi connectivity index (χ4n) is 1.35. The van der Waals surface area contributed by atoms with Crippen LogP contribution < -0.4 is 0 Å². The van der Waals surface area contributed by atoms with Crippen molar-refractivity contribution in [1.82, 2.24) is 4.90 Å². The second-order valence-corrected chi connectivity index (χ2v) is 2.76. The van der Waals surface area contributed by atoms with Crippen molar-refractivity contribution in [1.29, 1.82) is 0 Å². The van der Waals surface area contributed by atoms with Crippen LogP contribution in [0.15, 0.2) is 11.8 Å². The summed E-state index contributed by atoms with van der Waals surface area (Å²) in [6, 6.07) is 0. The standard InChI is InChI=1S/C8H15NO/c1-9-6-3-2-4-8(9)5-7-10/h5,10H,2-4,6-7H2,1H3/b8-5+. The lowest BCUT2D eigenvalue weighted by Gasteiger charge is -2.27. The van der Waals surface area contributed by atoms with E-state index >= 15 is 0 Å². The minimum absolute atomic E-state index is 0.180. The fraction of sp³-hybridized carbons (Fsp3) is 0.750. The molecular weight excluding hydrogens is 126 g/mol. The van der Waals surface area contributed by atoms with Crippen molar-refractivity contribution >= 4 is 0 Å². The molecule has 1 aliphatic rings. The number of aliphatic hydroxyl groups excluding tert-OH is 1. The van der Waals surface area contributed by atoms with E-state index in [0.717, 1.165) is 13.0 Å². The zero-order valence-corrected chi connectivity index (χ0v) is 6.51. The van der Waals surface area contributed by atoms with Gasteiger partial charge in [-0.2, -0.15) is 0 Å². The quantitative estimate of drug-likeness (QED) is 0.588. The first-order valence-corrected chi connectivity index (χ1v) is 3.85. The number of hydrogen-bond acceptors (Lipinski definition) is 2. The summed E-state index contributed by atoms with van der Waals surface area (Å²) in [5, 5.41) is 8.63. The van der Waals surface area contributed by atoms with Crippen LogP contribution >= 0.6 is 0 Å². The molecule has 1 N–H and O–H groups in total. The fourth-order valence-corrected chi connectivity index (χ4v) is 1.35. The van der Waals surface area contributed by atoms with Crippen molar-refractivity contribution in [2.24, 2.45) is 0 Å². The van der Waals surface area contributed by atoms with Crippen LogP contribution in [0, 0.1) is 0 Å². The number of allylic oxidation sites excluding steroid dienone is 1. The molecule has 2 heteroatoms. The van der Waals surface area contributed by atoms with Crippen LogP contribution in [-0.2, 0) is 0 Å². The topological polar surface area (TPSA) is 23.5 Å². The van der Waals surface area contributed by atoms with E-state index in [1.165, 1.54) is 18.5 Å². The number of piperidine rings is 1. The highest BCUT2D eigenvalue weighted by Crippen LogP contribution is 2.17. The Balaban J connectivity index is 2.47. The lowest BCUT2D eigenvalue weighted by molar-refractivity contribution is 0.315. The minimum atomic E-state index is 0.180. The Morgan fingerprint density at radius 3 is 3.00 bits per heavy atom. The molecule has 0 radical (unpaired) electrons. The van der Waals surface area contributed by atoms with E-state index in [1.807, 2.05) is 6.08 Å². The van der Waals surface area contributed by atoms with Crippen LogP contribution in [0.5, 0.6) is 0 Å². The predicted octanol–water partition coefficient (Wildman–Crippen LogP) is 0.978. The number of nitrogens with zero attached hydrogens (tertiary/aromatic N) is 1. The normalized spacial score (nSPS) is 23.8. The van der Waals surface area contributed by atoms with Crippen molar-refractivity contribution < 1.29 is 5.11 Å². The van der Waals surface area contributed by atoms with Gasteiger partial charge in [0.1, 0.15) is 0 Å². The smallest absolute Gasteiger partial charge is 0.0632 e. The summed E-state index contributed by atoms with van der Waals surface area (Å²) in [7, 11) is 2.08. The van der Waals surface area contributed by atoms with E-state index in [-0.39, 0.29) is 6.61 Å². The molecule has 0 aliphatic carbocycles. The van der Waals surface area contributed by atoms with Gasteiger partial charge in [0.2, 0.25) is 0 Å². The molecule has 1 saturated heterocycles. The molecule has 0 aromatic rings. The third kappa shape index (κ3) is 1.74. The SMILES string of the molecule is CN1CCCC/C1=C\CO. The third-order valence-electron chi connectivity index (χ3n) is 1.99. The Morgan fingerprint density at radius 2 is 2.40 bits per heavy atom. The van der Waals surface area contributed by atoms with Gasteiger partial charge in [-0.25, -0.2) is 0 Å². The molecule has 58 valence electrons. The van der Waals surface area contributed by atoms with Crippen molar-refractivity contribution in [2.45, 2.75) is 19.3 Å². The summed E-state index contributed by atoms with van der Waals surface area (Å²) < 4.78 is 0. The summed E-state index contributed by atoms with van der Waals surface area (Å²) in [4.78, 5) is 2.22. The number of hydrogen-bond donors (Lipinski definition) is 1. The van der Waals surface area contributed by atoms with Crippen molar-refractivity contribution in [3.8, 4) is 0 Å². The van der Waals surface area contributed by atoms with Gasteiger partial charge in [0.05, 0.1) is 6.61 Å². The van der Waals surface area contributed by atoms with Gasteiger partial charge in [0.15, 0.2) is 0 Å². The van der Waals surface area contributed by atoms with Gasteiger partial charge in [-0.05, 0) is 25.3 Å². The van der Waals surface area contributed by atoms with E-state index in [4.69, 9.17) is 5.11 Å². The van der Waals surface area contributed by atoms with Gasteiger partial charge < -0.3 is 10.0 Å². The Kier molecular flexibility index (Phi) is 2.75. The van der Waals surface area contributed by atoms with Crippen molar-refractivity contribution in [2.75, 3.05) is 20.2 Å². The van der Waals surface area contributed by atoms with E-state index in [1.54, 1.807) is 0 Å². The minimum Gasteiger partial charge on any atom is -0.392 e. The molecule has 0 amide bonds. The van der Waals surface area contributed by atoms with Gasteiger partial charge in [-0.1, -0.05) is 0 Å². The largest absolute Gasteiger partial charge is 0.392 e. The van der Waals surface area contributed by atoms with Crippen molar-refractivity contribution in [3.63, 3.8) is 0 Å². The van der Waals surface area contributed by atoms with Gasteiger partial charge >= 0.3 is 0 Å². The molecule has 1 heterocycles. The first-order chi connectivity index (χ1) is 4.84. The maximum atomic E-state index is 8.63. The lowest BCUT2D eigenvalue weighted by Crippen LogP contribution is -2.23. The highest BCUT2D eigenvalue weighted by Gasteiger charge is 2.08. The molecule has 0 aromatic carbocycles. The predicted molar refractivity (Wildman–Crippen MR) is 41.6 cm³/mol. The van der Waals surface area contributed by atoms with Crippen LogP contribution in [0.2, 0.25) is 0 Å². The molecule has 0 spiro atoms. The van der Waals surface area contributed by atoms with Crippen LogP contribution in [0.25, 0.3) is 0 Å². The van der Waals surface area contributed by atoms with E-state index in [0.29, 0.717) is 0 Å². The summed E-state index contributed by atoms with van der Waals surface area (Å²) in [6.45, 7) is 1.32. The number of likely N-dealkylation sites (tertiary alicyclic amines) is 1. The van der Waals surface area contributed by atoms with Crippen molar-refractivity contribution in [3.05, 3.63) is 11.8 Å². The molecule has 0 aromatic heterocycles.